The lowest BCUT2D eigenvalue weighted by atomic mass is 10.0. The first-order chi connectivity index (χ1) is 9.69. The van der Waals surface area contributed by atoms with Gasteiger partial charge in [0, 0.05) is 45.2 Å². The monoisotopic (exact) mass is 272 g/mol. The average molecular weight is 272 g/mol. The number of rotatable bonds is 5. The Labute approximate surface area is 121 Å². The molecule has 0 saturated carbocycles. The van der Waals surface area contributed by atoms with Gasteiger partial charge in [0.05, 0.1) is 6.07 Å². The molecule has 0 bridgehead atoms. The van der Waals surface area contributed by atoms with E-state index >= 15 is 0 Å². The summed E-state index contributed by atoms with van der Waals surface area (Å²) in [6.07, 6.45) is 1.25. The van der Waals surface area contributed by atoms with Crippen molar-refractivity contribution >= 4 is 0 Å². The van der Waals surface area contributed by atoms with E-state index in [4.69, 9.17) is 11.0 Å². The minimum Gasteiger partial charge on any atom is -0.324 e. The van der Waals surface area contributed by atoms with E-state index in [1.54, 1.807) is 0 Å². The molecule has 20 heavy (non-hydrogen) atoms. The van der Waals surface area contributed by atoms with Crippen molar-refractivity contribution in [2.45, 2.75) is 25.4 Å². The highest BCUT2D eigenvalue weighted by Crippen LogP contribution is 2.18. The molecule has 2 N–H and O–H groups in total. The topological polar surface area (TPSA) is 56.3 Å². The molecule has 2 rings (SSSR count). The minimum atomic E-state index is -0.0258. The van der Waals surface area contributed by atoms with E-state index in [9.17, 15) is 0 Å². The molecule has 1 aliphatic heterocycles. The summed E-state index contributed by atoms with van der Waals surface area (Å²) in [5.74, 6) is 0. The van der Waals surface area contributed by atoms with Crippen molar-refractivity contribution < 1.29 is 0 Å². The van der Waals surface area contributed by atoms with Crippen LogP contribution < -0.4 is 5.73 Å². The lowest BCUT2D eigenvalue weighted by Gasteiger charge is -2.32. The molecule has 4 heteroatoms. The third-order valence-electron chi connectivity index (χ3n) is 3.95. The summed E-state index contributed by atoms with van der Waals surface area (Å²) >= 11 is 0. The normalized spacial score (nSPS) is 18.6. The molecule has 1 heterocycles. The van der Waals surface area contributed by atoms with Crippen molar-refractivity contribution in [2.75, 3.05) is 33.2 Å². The smallest absolute Gasteiger partial charge is 0.0622 e. The van der Waals surface area contributed by atoms with Gasteiger partial charge in [-0.2, -0.15) is 5.26 Å². The molecule has 0 aliphatic carbocycles. The van der Waals surface area contributed by atoms with E-state index in [2.05, 4.69) is 47.2 Å². The van der Waals surface area contributed by atoms with Crippen LogP contribution in [0, 0.1) is 11.3 Å². The van der Waals surface area contributed by atoms with Gasteiger partial charge in [-0.25, -0.2) is 0 Å². The van der Waals surface area contributed by atoms with Gasteiger partial charge >= 0.3 is 0 Å². The van der Waals surface area contributed by atoms with Crippen LogP contribution in [0.25, 0.3) is 0 Å². The van der Waals surface area contributed by atoms with Gasteiger partial charge in [-0.15, -0.1) is 0 Å². The number of hydrogen-bond donors (Lipinski definition) is 1. The highest BCUT2D eigenvalue weighted by Gasteiger charge is 2.14. The summed E-state index contributed by atoms with van der Waals surface area (Å²) in [7, 11) is 2.17. The Hall–Kier alpha value is -1.41. The van der Waals surface area contributed by atoms with Crippen molar-refractivity contribution in [3.63, 3.8) is 0 Å². The molecule has 1 aromatic rings. The first kappa shape index (κ1) is 15.0. The Morgan fingerprint density at radius 3 is 2.75 bits per heavy atom. The van der Waals surface area contributed by atoms with E-state index in [0.29, 0.717) is 6.42 Å². The Morgan fingerprint density at radius 2 is 2.05 bits per heavy atom. The van der Waals surface area contributed by atoms with Crippen LogP contribution in [-0.2, 0) is 6.54 Å². The van der Waals surface area contributed by atoms with Crippen LogP contribution in [0.5, 0.6) is 0 Å². The fourth-order valence-electron chi connectivity index (χ4n) is 2.57. The maximum absolute atomic E-state index is 8.64. The number of nitriles is 1. The summed E-state index contributed by atoms with van der Waals surface area (Å²) in [5.41, 5.74) is 8.59. The van der Waals surface area contributed by atoms with Gasteiger partial charge in [-0.3, -0.25) is 4.90 Å². The van der Waals surface area contributed by atoms with E-state index in [-0.39, 0.29) is 6.04 Å². The fraction of sp³-hybridized carbons (Fsp3) is 0.562. The molecule has 0 amide bonds. The van der Waals surface area contributed by atoms with Gasteiger partial charge in [0.25, 0.3) is 0 Å². The first-order valence-corrected chi connectivity index (χ1v) is 7.31. The SMILES string of the molecule is CN1CCN(Cc2cccc([C@@H](N)CCC#N)c2)CC1. The van der Waals surface area contributed by atoms with Crippen LogP contribution >= 0.6 is 0 Å². The van der Waals surface area contributed by atoms with Crippen LogP contribution in [0.15, 0.2) is 24.3 Å². The predicted molar refractivity (Wildman–Crippen MR) is 81.0 cm³/mol. The molecule has 1 aromatic carbocycles. The number of likely N-dealkylation sites (N-methyl/N-ethyl adjacent to an activating group) is 1. The van der Waals surface area contributed by atoms with Crippen LogP contribution in [0.1, 0.15) is 30.0 Å². The van der Waals surface area contributed by atoms with Crippen LogP contribution in [0.4, 0.5) is 0 Å². The first-order valence-electron chi connectivity index (χ1n) is 7.31. The Bertz CT molecular complexity index is 458. The summed E-state index contributed by atoms with van der Waals surface area (Å²) in [6, 6.07) is 10.6. The molecule has 4 nitrogen and oxygen atoms in total. The molecular weight excluding hydrogens is 248 g/mol. The quantitative estimate of drug-likeness (QED) is 0.887. The maximum atomic E-state index is 8.64. The van der Waals surface area contributed by atoms with Crippen LogP contribution in [-0.4, -0.2) is 43.0 Å². The Morgan fingerprint density at radius 1 is 1.30 bits per heavy atom. The van der Waals surface area contributed by atoms with Gasteiger partial charge in [-0.05, 0) is 24.6 Å². The zero-order valence-electron chi connectivity index (χ0n) is 12.3. The van der Waals surface area contributed by atoms with Crippen molar-refractivity contribution in [2.24, 2.45) is 5.73 Å². The molecule has 0 unspecified atom stereocenters. The van der Waals surface area contributed by atoms with Crippen LogP contribution in [0.3, 0.4) is 0 Å². The third-order valence-corrected chi connectivity index (χ3v) is 3.95. The predicted octanol–water partition coefficient (Wildman–Crippen LogP) is 1.74. The van der Waals surface area contributed by atoms with Crippen molar-refractivity contribution in [1.29, 1.82) is 5.26 Å². The second-order valence-corrected chi connectivity index (χ2v) is 5.63. The summed E-state index contributed by atoms with van der Waals surface area (Å²) in [4.78, 5) is 4.85. The number of nitrogens with zero attached hydrogens (tertiary/aromatic N) is 3. The molecule has 1 aliphatic rings. The van der Waals surface area contributed by atoms with E-state index in [1.165, 1.54) is 5.56 Å². The minimum absolute atomic E-state index is 0.0258. The summed E-state index contributed by atoms with van der Waals surface area (Å²) in [5, 5.41) is 8.64. The van der Waals surface area contributed by atoms with Crippen LogP contribution in [0.2, 0.25) is 0 Å². The molecule has 1 saturated heterocycles. The number of hydrogen-bond acceptors (Lipinski definition) is 4. The van der Waals surface area contributed by atoms with Gasteiger partial charge in [0.1, 0.15) is 0 Å². The van der Waals surface area contributed by atoms with Crippen molar-refractivity contribution in [3.8, 4) is 6.07 Å². The standard InChI is InChI=1S/C16H24N4/c1-19-8-10-20(11-9-19)13-14-4-2-5-15(12-14)16(18)6-3-7-17/h2,4-5,12,16H,3,6,8-11,13,18H2,1H3/t16-/m0/s1. The second kappa shape index (κ2) is 7.39. The number of nitrogens with two attached hydrogens (primary N) is 1. The van der Waals surface area contributed by atoms with Gasteiger partial charge in [0.15, 0.2) is 0 Å². The summed E-state index contributed by atoms with van der Waals surface area (Å²) in [6.45, 7) is 5.53. The molecule has 108 valence electrons. The van der Waals surface area contributed by atoms with Gasteiger partial charge in [-0.1, -0.05) is 24.3 Å². The molecular formula is C16H24N4. The summed E-state index contributed by atoms with van der Waals surface area (Å²) < 4.78 is 0. The zero-order valence-corrected chi connectivity index (χ0v) is 12.3. The lowest BCUT2D eigenvalue weighted by molar-refractivity contribution is 0.148. The molecule has 0 aromatic heterocycles. The molecule has 1 atom stereocenters. The van der Waals surface area contributed by atoms with Crippen molar-refractivity contribution in [1.82, 2.24) is 9.80 Å². The third kappa shape index (κ3) is 4.31. The molecule has 1 fully saturated rings. The maximum Gasteiger partial charge on any atom is 0.0622 e. The second-order valence-electron chi connectivity index (χ2n) is 5.63. The van der Waals surface area contributed by atoms with E-state index in [0.717, 1.165) is 44.7 Å². The Kier molecular flexibility index (Phi) is 5.54. The van der Waals surface area contributed by atoms with E-state index < -0.39 is 0 Å². The largest absolute Gasteiger partial charge is 0.324 e. The van der Waals surface area contributed by atoms with Crippen molar-refractivity contribution in [3.05, 3.63) is 35.4 Å². The van der Waals surface area contributed by atoms with E-state index in [1.807, 2.05) is 0 Å². The van der Waals surface area contributed by atoms with Gasteiger partial charge < -0.3 is 10.6 Å². The number of benzene rings is 1. The molecule has 0 radical (unpaired) electrons. The molecule has 0 spiro atoms. The highest BCUT2D eigenvalue weighted by atomic mass is 15.2. The fourth-order valence-corrected chi connectivity index (χ4v) is 2.57. The number of piperazine rings is 1. The zero-order chi connectivity index (χ0) is 14.4. The van der Waals surface area contributed by atoms with Gasteiger partial charge in [0.2, 0.25) is 0 Å². The average Bonchev–Trinajstić information content (AvgIpc) is 2.47. The Balaban J connectivity index is 1.94. The lowest BCUT2D eigenvalue weighted by Crippen LogP contribution is -2.43. The highest BCUT2D eigenvalue weighted by molar-refractivity contribution is 5.26.